The van der Waals surface area contributed by atoms with E-state index in [4.69, 9.17) is 0 Å². The summed E-state index contributed by atoms with van der Waals surface area (Å²) in [5, 5.41) is 7.69. The van der Waals surface area contributed by atoms with Crippen molar-refractivity contribution in [2.75, 3.05) is 5.32 Å². The molecule has 3 aromatic rings. The van der Waals surface area contributed by atoms with E-state index in [2.05, 4.69) is 27.5 Å². The van der Waals surface area contributed by atoms with Gasteiger partial charge in [-0.15, -0.1) is 11.3 Å². The SMILES string of the molecule is Cc1cn(C)nc1C(=O)Nc1nc2c(s1)Cc1ccccc1-2. The minimum absolute atomic E-state index is 0.209. The normalized spacial score (nSPS) is 12.1. The first-order valence-electron chi connectivity index (χ1n) is 7.01. The summed E-state index contributed by atoms with van der Waals surface area (Å²) >= 11 is 1.54. The zero-order valence-electron chi connectivity index (χ0n) is 12.3. The summed E-state index contributed by atoms with van der Waals surface area (Å²) in [6.07, 6.45) is 2.72. The molecule has 0 fully saturated rings. The third-order valence-corrected chi connectivity index (χ3v) is 4.74. The van der Waals surface area contributed by atoms with Gasteiger partial charge in [-0.1, -0.05) is 24.3 Å². The Bertz CT molecular complexity index is 893. The van der Waals surface area contributed by atoms with Crippen molar-refractivity contribution >= 4 is 22.4 Å². The van der Waals surface area contributed by atoms with Crippen LogP contribution in [0.15, 0.2) is 30.5 Å². The topological polar surface area (TPSA) is 59.8 Å². The number of hydrogen-bond donors (Lipinski definition) is 1. The van der Waals surface area contributed by atoms with Crippen molar-refractivity contribution in [3.8, 4) is 11.3 Å². The zero-order chi connectivity index (χ0) is 15.3. The van der Waals surface area contributed by atoms with Gasteiger partial charge in [0.1, 0.15) is 0 Å². The van der Waals surface area contributed by atoms with Crippen LogP contribution in [0.3, 0.4) is 0 Å². The van der Waals surface area contributed by atoms with Crippen LogP contribution in [0.4, 0.5) is 5.13 Å². The predicted octanol–water partition coefficient (Wildman–Crippen LogP) is 3.01. The van der Waals surface area contributed by atoms with Gasteiger partial charge < -0.3 is 0 Å². The van der Waals surface area contributed by atoms with E-state index >= 15 is 0 Å². The van der Waals surface area contributed by atoms with E-state index in [0.29, 0.717) is 10.8 Å². The molecule has 0 saturated heterocycles. The van der Waals surface area contributed by atoms with Crippen LogP contribution in [-0.2, 0) is 13.5 Å². The number of carbonyl (C=O) groups excluding carboxylic acids is 1. The molecule has 0 bridgehead atoms. The fraction of sp³-hybridized carbons (Fsp3) is 0.188. The van der Waals surface area contributed by atoms with Crippen LogP contribution in [0.2, 0.25) is 0 Å². The molecule has 2 heterocycles. The zero-order valence-corrected chi connectivity index (χ0v) is 13.1. The van der Waals surface area contributed by atoms with Crippen LogP contribution >= 0.6 is 11.3 Å². The Hall–Kier alpha value is -2.47. The summed E-state index contributed by atoms with van der Waals surface area (Å²) in [4.78, 5) is 18.1. The van der Waals surface area contributed by atoms with Gasteiger partial charge in [-0.3, -0.25) is 14.8 Å². The number of thiazole rings is 1. The monoisotopic (exact) mass is 310 g/mol. The lowest BCUT2D eigenvalue weighted by molar-refractivity contribution is 0.102. The molecule has 2 aromatic heterocycles. The lowest BCUT2D eigenvalue weighted by Crippen LogP contribution is -2.14. The Morgan fingerprint density at radius 2 is 2.18 bits per heavy atom. The summed E-state index contributed by atoms with van der Waals surface area (Å²) < 4.78 is 1.64. The number of fused-ring (bicyclic) bond motifs is 3. The second kappa shape index (κ2) is 4.78. The van der Waals surface area contributed by atoms with Crippen LogP contribution < -0.4 is 5.32 Å². The van der Waals surface area contributed by atoms with E-state index < -0.39 is 0 Å². The van der Waals surface area contributed by atoms with E-state index in [9.17, 15) is 4.79 Å². The van der Waals surface area contributed by atoms with Gasteiger partial charge >= 0.3 is 0 Å². The highest BCUT2D eigenvalue weighted by Crippen LogP contribution is 2.40. The fourth-order valence-corrected chi connectivity index (χ4v) is 3.80. The number of nitrogens with zero attached hydrogens (tertiary/aromatic N) is 3. The molecule has 22 heavy (non-hydrogen) atoms. The Balaban J connectivity index is 1.62. The van der Waals surface area contributed by atoms with Crippen LogP contribution in [0.25, 0.3) is 11.3 Å². The molecule has 1 amide bonds. The highest BCUT2D eigenvalue weighted by molar-refractivity contribution is 7.16. The maximum Gasteiger partial charge on any atom is 0.278 e. The average molecular weight is 310 g/mol. The van der Waals surface area contributed by atoms with E-state index in [1.807, 2.05) is 25.3 Å². The molecule has 0 atom stereocenters. The first kappa shape index (κ1) is 13.2. The lowest BCUT2D eigenvalue weighted by Gasteiger charge is -2.00. The number of nitrogens with one attached hydrogen (secondary N) is 1. The van der Waals surface area contributed by atoms with Crippen molar-refractivity contribution in [3.63, 3.8) is 0 Å². The molecule has 4 rings (SSSR count). The summed E-state index contributed by atoms with van der Waals surface area (Å²) in [6.45, 7) is 1.87. The van der Waals surface area contributed by atoms with Crippen molar-refractivity contribution in [2.45, 2.75) is 13.3 Å². The molecular weight excluding hydrogens is 296 g/mol. The molecule has 1 aromatic carbocycles. The number of rotatable bonds is 2. The van der Waals surface area contributed by atoms with Gasteiger partial charge in [0.2, 0.25) is 0 Å². The van der Waals surface area contributed by atoms with Gasteiger partial charge in [-0.25, -0.2) is 4.98 Å². The highest BCUT2D eigenvalue weighted by atomic mass is 32.1. The molecule has 5 nitrogen and oxygen atoms in total. The van der Waals surface area contributed by atoms with Gasteiger partial charge in [-0.05, 0) is 12.5 Å². The number of hydrogen-bond acceptors (Lipinski definition) is 4. The first-order valence-corrected chi connectivity index (χ1v) is 7.83. The number of benzene rings is 1. The Kier molecular flexibility index (Phi) is 2.87. The quantitative estimate of drug-likeness (QED) is 0.619. The number of aromatic nitrogens is 3. The van der Waals surface area contributed by atoms with Crippen molar-refractivity contribution in [1.29, 1.82) is 0 Å². The standard InChI is InChI=1S/C16H14N4OS/c1-9-8-20(2)19-13(9)15(21)18-16-17-14-11-6-4-3-5-10(11)7-12(14)22-16/h3-6,8H,7H2,1-2H3,(H,17,18,21). The van der Waals surface area contributed by atoms with E-state index in [1.165, 1.54) is 27.3 Å². The maximum atomic E-state index is 12.3. The first-order chi connectivity index (χ1) is 10.6. The smallest absolute Gasteiger partial charge is 0.278 e. The van der Waals surface area contributed by atoms with Crippen LogP contribution in [-0.4, -0.2) is 20.7 Å². The molecule has 1 aliphatic carbocycles. The van der Waals surface area contributed by atoms with Crippen molar-refractivity contribution < 1.29 is 4.79 Å². The van der Waals surface area contributed by atoms with Gasteiger partial charge in [0.25, 0.3) is 5.91 Å². The summed E-state index contributed by atoms with van der Waals surface area (Å²) in [7, 11) is 1.80. The molecule has 0 unspecified atom stereocenters. The van der Waals surface area contributed by atoms with Gasteiger partial charge in [0.05, 0.1) is 5.69 Å². The largest absolute Gasteiger partial charge is 0.296 e. The van der Waals surface area contributed by atoms with Crippen molar-refractivity contribution in [3.05, 3.63) is 52.2 Å². The Morgan fingerprint density at radius 1 is 1.36 bits per heavy atom. The summed E-state index contributed by atoms with van der Waals surface area (Å²) in [6, 6.07) is 8.26. The number of carbonyl (C=O) groups is 1. The average Bonchev–Trinajstić information content (AvgIpc) is 3.11. The van der Waals surface area contributed by atoms with E-state index in [1.54, 1.807) is 11.7 Å². The fourth-order valence-electron chi connectivity index (χ4n) is 2.80. The third kappa shape index (κ3) is 2.03. The van der Waals surface area contributed by atoms with Crippen LogP contribution in [0, 0.1) is 6.92 Å². The third-order valence-electron chi connectivity index (χ3n) is 3.77. The minimum Gasteiger partial charge on any atom is -0.296 e. The molecule has 0 radical (unpaired) electrons. The van der Waals surface area contributed by atoms with Gasteiger partial charge in [-0.2, -0.15) is 5.10 Å². The molecule has 0 saturated carbocycles. The van der Waals surface area contributed by atoms with Gasteiger partial charge in [0, 0.05) is 35.7 Å². The minimum atomic E-state index is -0.209. The lowest BCUT2D eigenvalue weighted by atomic mass is 10.1. The maximum absolute atomic E-state index is 12.3. The highest BCUT2D eigenvalue weighted by Gasteiger charge is 2.24. The molecule has 1 N–H and O–H groups in total. The second-order valence-electron chi connectivity index (χ2n) is 5.41. The van der Waals surface area contributed by atoms with E-state index in [0.717, 1.165) is 17.7 Å². The predicted molar refractivity (Wildman–Crippen MR) is 86.3 cm³/mol. The molecule has 110 valence electrons. The van der Waals surface area contributed by atoms with E-state index in [-0.39, 0.29) is 5.91 Å². The number of anilines is 1. The summed E-state index contributed by atoms with van der Waals surface area (Å²) in [5.41, 5.74) is 4.76. The van der Waals surface area contributed by atoms with Crippen LogP contribution in [0.5, 0.6) is 0 Å². The Morgan fingerprint density at radius 3 is 2.95 bits per heavy atom. The summed E-state index contributed by atoms with van der Waals surface area (Å²) in [5.74, 6) is -0.209. The number of aryl methyl sites for hydroxylation is 2. The van der Waals surface area contributed by atoms with Crippen LogP contribution in [0.1, 0.15) is 26.5 Å². The van der Waals surface area contributed by atoms with Crippen molar-refractivity contribution in [2.24, 2.45) is 7.05 Å². The molecule has 0 spiro atoms. The van der Waals surface area contributed by atoms with Crippen molar-refractivity contribution in [1.82, 2.24) is 14.8 Å². The molecule has 6 heteroatoms. The number of amides is 1. The molecular formula is C16H14N4OS. The Labute approximate surface area is 131 Å². The second-order valence-corrected chi connectivity index (χ2v) is 6.50. The van der Waals surface area contributed by atoms with Gasteiger partial charge in [0.15, 0.2) is 10.8 Å². The molecule has 0 aliphatic heterocycles. The molecule has 1 aliphatic rings.